The van der Waals surface area contributed by atoms with Crippen LogP contribution in [0.25, 0.3) is 0 Å². The molecule has 0 bridgehead atoms. The minimum absolute atomic E-state index is 0.0329. The lowest BCUT2D eigenvalue weighted by molar-refractivity contribution is 0.102. The van der Waals surface area contributed by atoms with E-state index in [-0.39, 0.29) is 11.3 Å². The van der Waals surface area contributed by atoms with Crippen LogP contribution in [0.2, 0.25) is 0 Å². The van der Waals surface area contributed by atoms with E-state index in [1.807, 2.05) is 13.0 Å². The summed E-state index contributed by atoms with van der Waals surface area (Å²) in [5, 5.41) is 11.1. The third-order valence-corrected chi connectivity index (χ3v) is 2.48. The number of hydrogen-bond acceptors (Lipinski definition) is 3. The van der Waals surface area contributed by atoms with Gasteiger partial charge in [0.05, 0.1) is 22.9 Å². The molecule has 0 spiro atoms. The Morgan fingerprint density at radius 2 is 2.16 bits per heavy atom. The summed E-state index contributed by atoms with van der Waals surface area (Å²) < 4.78 is 13.6. The highest BCUT2D eigenvalue weighted by atomic mass is 19.1. The van der Waals surface area contributed by atoms with Crippen molar-refractivity contribution >= 4 is 11.6 Å². The van der Waals surface area contributed by atoms with Crippen molar-refractivity contribution in [2.45, 2.75) is 6.92 Å². The van der Waals surface area contributed by atoms with Gasteiger partial charge in [-0.15, -0.1) is 0 Å². The number of benzene rings is 1. The monoisotopic (exact) mass is 255 g/mol. The van der Waals surface area contributed by atoms with Crippen LogP contribution < -0.4 is 5.32 Å². The second-order valence-corrected chi connectivity index (χ2v) is 4.01. The number of halogens is 1. The van der Waals surface area contributed by atoms with E-state index in [0.717, 1.165) is 11.6 Å². The zero-order chi connectivity index (χ0) is 13.8. The molecule has 1 aromatic carbocycles. The van der Waals surface area contributed by atoms with Crippen LogP contribution in [0.5, 0.6) is 0 Å². The molecule has 0 unspecified atom stereocenters. The number of amides is 1. The number of rotatable bonds is 2. The first-order chi connectivity index (χ1) is 9.10. The lowest BCUT2D eigenvalue weighted by atomic mass is 10.2. The number of anilines is 1. The zero-order valence-corrected chi connectivity index (χ0v) is 10.1. The SMILES string of the molecule is Cc1cncc(C(=O)Nc2ccc(C#N)cc2F)c1. The Kier molecular flexibility index (Phi) is 3.53. The minimum Gasteiger partial charge on any atom is -0.319 e. The second-order valence-electron chi connectivity index (χ2n) is 4.01. The molecule has 1 amide bonds. The molecular formula is C14H10FN3O. The Morgan fingerprint density at radius 1 is 1.37 bits per heavy atom. The van der Waals surface area contributed by atoms with Crippen molar-refractivity contribution in [1.82, 2.24) is 4.98 Å². The van der Waals surface area contributed by atoms with Gasteiger partial charge in [0, 0.05) is 12.4 Å². The number of aryl methyl sites for hydroxylation is 1. The number of nitrogens with one attached hydrogen (secondary N) is 1. The minimum atomic E-state index is -0.645. The molecule has 1 aromatic heterocycles. The summed E-state index contributed by atoms with van der Waals surface area (Å²) in [5.74, 6) is -1.09. The van der Waals surface area contributed by atoms with Gasteiger partial charge in [-0.3, -0.25) is 9.78 Å². The summed E-state index contributed by atoms with van der Waals surface area (Å²) >= 11 is 0. The van der Waals surface area contributed by atoms with E-state index in [1.54, 1.807) is 12.3 Å². The molecule has 0 aliphatic carbocycles. The average molecular weight is 255 g/mol. The number of nitrogens with zero attached hydrogens (tertiary/aromatic N) is 2. The molecule has 0 fully saturated rings. The molecule has 2 rings (SSSR count). The Balaban J connectivity index is 2.22. The summed E-state index contributed by atoms with van der Waals surface area (Å²) in [7, 11) is 0. The quantitative estimate of drug-likeness (QED) is 0.897. The summed E-state index contributed by atoms with van der Waals surface area (Å²) in [5.41, 5.74) is 1.43. The first-order valence-corrected chi connectivity index (χ1v) is 5.53. The molecule has 4 nitrogen and oxygen atoms in total. The van der Waals surface area contributed by atoms with Gasteiger partial charge in [0.25, 0.3) is 5.91 Å². The average Bonchev–Trinajstić information content (AvgIpc) is 2.41. The lowest BCUT2D eigenvalue weighted by Crippen LogP contribution is -2.13. The molecular weight excluding hydrogens is 245 g/mol. The fourth-order valence-electron chi connectivity index (χ4n) is 1.56. The number of aromatic nitrogens is 1. The van der Waals surface area contributed by atoms with Crippen LogP contribution in [0.1, 0.15) is 21.5 Å². The van der Waals surface area contributed by atoms with Crippen molar-refractivity contribution in [3.05, 3.63) is 59.2 Å². The fraction of sp³-hybridized carbons (Fsp3) is 0.0714. The smallest absolute Gasteiger partial charge is 0.257 e. The molecule has 1 N–H and O–H groups in total. The van der Waals surface area contributed by atoms with Crippen LogP contribution in [0.15, 0.2) is 36.7 Å². The molecule has 2 aromatic rings. The van der Waals surface area contributed by atoms with Gasteiger partial charge in [0.1, 0.15) is 5.82 Å². The second kappa shape index (κ2) is 5.27. The predicted molar refractivity (Wildman–Crippen MR) is 68.0 cm³/mol. The van der Waals surface area contributed by atoms with Crippen LogP contribution in [0.3, 0.4) is 0 Å². The van der Waals surface area contributed by atoms with Crippen LogP contribution in [-0.4, -0.2) is 10.9 Å². The highest BCUT2D eigenvalue weighted by Gasteiger charge is 2.10. The highest BCUT2D eigenvalue weighted by molar-refractivity contribution is 6.04. The van der Waals surface area contributed by atoms with E-state index in [0.29, 0.717) is 5.56 Å². The molecule has 0 radical (unpaired) electrons. The zero-order valence-electron chi connectivity index (χ0n) is 10.1. The van der Waals surface area contributed by atoms with Crippen molar-refractivity contribution < 1.29 is 9.18 Å². The Morgan fingerprint density at radius 3 is 2.79 bits per heavy atom. The third-order valence-electron chi connectivity index (χ3n) is 2.48. The van der Waals surface area contributed by atoms with Crippen molar-refractivity contribution in [1.29, 1.82) is 5.26 Å². The fourth-order valence-corrected chi connectivity index (χ4v) is 1.56. The van der Waals surface area contributed by atoms with Gasteiger partial charge >= 0.3 is 0 Å². The van der Waals surface area contributed by atoms with E-state index in [9.17, 15) is 9.18 Å². The van der Waals surface area contributed by atoms with Crippen LogP contribution >= 0.6 is 0 Å². The van der Waals surface area contributed by atoms with Crippen molar-refractivity contribution in [3.8, 4) is 6.07 Å². The van der Waals surface area contributed by atoms with E-state index in [2.05, 4.69) is 10.3 Å². The van der Waals surface area contributed by atoms with Gasteiger partial charge in [-0.05, 0) is 36.8 Å². The summed E-state index contributed by atoms with van der Waals surface area (Å²) in [6, 6.07) is 7.35. The summed E-state index contributed by atoms with van der Waals surface area (Å²) in [6.45, 7) is 1.81. The molecule has 1 heterocycles. The highest BCUT2D eigenvalue weighted by Crippen LogP contribution is 2.16. The molecule has 19 heavy (non-hydrogen) atoms. The van der Waals surface area contributed by atoms with E-state index in [1.165, 1.54) is 18.3 Å². The van der Waals surface area contributed by atoms with Crippen LogP contribution in [0, 0.1) is 24.1 Å². The van der Waals surface area contributed by atoms with E-state index >= 15 is 0 Å². The van der Waals surface area contributed by atoms with Gasteiger partial charge in [-0.25, -0.2) is 4.39 Å². The van der Waals surface area contributed by atoms with Crippen molar-refractivity contribution in [2.24, 2.45) is 0 Å². The van der Waals surface area contributed by atoms with Gasteiger partial charge in [0.15, 0.2) is 0 Å². The normalized spacial score (nSPS) is 9.74. The molecule has 94 valence electrons. The maximum atomic E-state index is 13.6. The predicted octanol–water partition coefficient (Wildman–Crippen LogP) is 2.65. The number of nitriles is 1. The Hall–Kier alpha value is -2.74. The Labute approximate surface area is 109 Å². The lowest BCUT2D eigenvalue weighted by Gasteiger charge is -2.06. The largest absolute Gasteiger partial charge is 0.319 e. The van der Waals surface area contributed by atoms with Crippen LogP contribution in [0.4, 0.5) is 10.1 Å². The molecule has 0 atom stereocenters. The number of pyridine rings is 1. The number of carbonyl (C=O) groups excluding carboxylic acids is 1. The molecule has 0 saturated heterocycles. The molecule has 0 aliphatic rings. The molecule has 5 heteroatoms. The summed E-state index contributed by atoms with van der Waals surface area (Å²) in [6.07, 6.45) is 3.03. The maximum Gasteiger partial charge on any atom is 0.257 e. The summed E-state index contributed by atoms with van der Waals surface area (Å²) in [4.78, 5) is 15.8. The van der Waals surface area contributed by atoms with Crippen LogP contribution in [-0.2, 0) is 0 Å². The first-order valence-electron chi connectivity index (χ1n) is 5.53. The van der Waals surface area contributed by atoms with Crippen molar-refractivity contribution in [3.63, 3.8) is 0 Å². The van der Waals surface area contributed by atoms with Gasteiger partial charge in [-0.2, -0.15) is 5.26 Å². The van der Waals surface area contributed by atoms with Gasteiger partial charge in [-0.1, -0.05) is 0 Å². The number of carbonyl (C=O) groups is 1. The molecule has 0 saturated carbocycles. The van der Waals surface area contributed by atoms with Gasteiger partial charge < -0.3 is 5.32 Å². The van der Waals surface area contributed by atoms with E-state index in [4.69, 9.17) is 5.26 Å². The maximum absolute atomic E-state index is 13.6. The van der Waals surface area contributed by atoms with Crippen molar-refractivity contribution in [2.75, 3.05) is 5.32 Å². The molecule has 0 aliphatic heterocycles. The Bertz CT molecular complexity index is 677. The standard InChI is InChI=1S/C14H10FN3O/c1-9-4-11(8-17-7-9)14(19)18-13-3-2-10(6-16)5-12(13)15/h2-5,7-8H,1H3,(H,18,19). The number of hydrogen-bond donors (Lipinski definition) is 1. The third kappa shape index (κ3) is 2.93. The van der Waals surface area contributed by atoms with E-state index < -0.39 is 11.7 Å². The van der Waals surface area contributed by atoms with Gasteiger partial charge in [0.2, 0.25) is 0 Å². The topological polar surface area (TPSA) is 65.8 Å². The first kappa shape index (κ1) is 12.7.